The molecule has 0 N–H and O–H groups in total. The molecule has 2 heterocycles. The Morgan fingerprint density at radius 1 is 0.655 bits per heavy atom. The van der Waals surface area contributed by atoms with Crippen molar-refractivity contribution in [3.05, 3.63) is 70.8 Å². The molecule has 4 rings (SSSR count). The first-order chi connectivity index (χ1) is 13.8. The molecule has 0 aliphatic carbocycles. The summed E-state index contributed by atoms with van der Waals surface area (Å²) in [6.45, 7) is 12.5. The molecule has 2 aromatic rings. The Morgan fingerprint density at radius 3 is 1.34 bits per heavy atom. The maximum absolute atomic E-state index is 6.22. The van der Waals surface area contributed by atoms with Gasteiger partial charge in [-0.25, -0.2) is 9.98 Å². The molecule has 0 unspecified atom stereocenters. The van der Waals surface area contributed by atoms with Crippen molar-refractivity contribution in [2.24, 2.45) is 15.4 Å². The predicted octanol–water partition coefficient (Wildman–Crippen LogP) is 5.75. The molecular weight excluding hydrogens is 360 g/mol. The molecular formula is C25H30N2O2. The minimum absolute atomic E-state index is 0.00260. The quantitative estimate of drug-likeness (QED) is 0.667. The van der Waals surface area contributed by atoms with Gasteiger partial charge in [0.1, 0.15) is 29.7 Å². The summed E-state index contributed by atoms with van der Waals surface area (Å²) in [6, 6.07) is 17.0. The first-order valence-electron chi connectivity index (χ1n) is 10.4. The normalized spacial score (nSPS) is 26.6. The molecule has 0 fully saturated rings. The average Bonchev–Trinajstić information content (AvgIpc) is 3.27. The molecule has 2 aliphatic heterocycles. The van der Waals surface area contributed by atoms with E-state index in [-0.39, 0.29) is 24.3 Å². The zero-order valence-electron chi connectivity index (χ0n) is 18.1. The Morgan fingerprint density at radius 2 is 1.00 bits per heavy atom. The first-order valence-corrected chi connectivity index (χ1v) is 10.4. The van der Waals surface area contributed by atoms with Crippen LogP contribution in [0.15, 0.2) is 58.5 Å². The Labute approximate surface area is 173 Å². The zero-order chi connectivity index (χ0) is 20.8. The highest BCUT2D eigenvalue weighted by Gasteiger charge is 2.45. The second-order valence-electron chi connectivity index (χ2n) is 8.85. The van der Waals surface area contributed by atoms with E-state index in [2.05, 4.69) is 90.1 Å². The van der Waals surface area contributed by atoms with Crippen LogP contribution in [0.3, 0.4) is 0 Å². The van der Waals surface area contributed by atoms with E-state index in [1.807, 2.05) is 0 Å². The van der Waals surface area contributed by atoms with Crippen LogP contribution >= 0.6 is 0 Å². The summed E-state index contributed by atoms with van der Waals surface area (Å²) < 4.78 is 12.4. The number of aryl methyl sites for hydroxylation is 2. The lowest BCUT2D eigenvalue weighted by Crippen LogP contribution is -2.35. The number of hydrogen-bond acceptors (Lipinski definition) is 4. The predicted molar refractivity (Wildman–Crippen MR) is 118 cm³/mol. The van der Waals surface area contributed by atoms with Crippen LogP contribution in [0, 0.1) is 19.3 Å². The number of nitrogens with zero attached hydrogens (tertiary/aromatic N) is 2. The molecule has 0 saturated heterocycles. The summed E-state index contributed by atoms with van der Waals surface area (Å²) in [6.07, 6.45) is -0.0291. The van der Waals surface area contributed by atoms with Gasteiger partial charge in [0, 0.05) is 0 Å². The van der Waals surface area contributed by atoms with Crippen molar-refractivity contribution in [2.75, 3.05) is 0 Å². The summed E-state index contributed by atoms with van der Waals surface area (Å²) in [5, 5.41) is 0. The Hall–Kier alpha value is -2.62. The summed E-state index contributed by atoms with van der Waals surface area (Å²) in [4.78, 5) is 9.91. The molecule has 0 spiro atoms. The van der Waals surface area contributed by atoms with Crippen molar-refractivity contribution >= 4 is 11.8 Å². The van der Waals surface area contributed by atoms with Crippen LogP contribution in [-0.2, 0) is 9.47 Å². The standard InChI is InChI=1S/C25H30N2O2/c1-15-7-11-19(12-8-15)21-17(3)28-23(26-21)25(5,6)24-27-22(18(4)29-24)20-13-9-16(2)10-14-20/h7-14,17-18,21-22H,1-6H3/t17-,18-,21-,22-/m1/s1. The largest absolute Gasteiger partial charge is 0.475 e. The second kappa shape index (κ2) is 7.33. The van der Waals surface area contributed by atoms with Gasteiger partial charge in [-0.15, -0.1) is 0 Å². The highest BCUT2D eigenvalue weighted by atomic mass is 16.5. The van der Waals surface area contributed by atoms with E-state index >= 15 is 0 Å². The number of hydrogen-bond donors (Lipinski definition) is 0. The Balaban J connectivity index is 1.60. The van der Waals surface area contributed by atoms with Crippen LogP contribution in [0.2, 0.25) is 0 Å². The average molecular weight is 391 g/mol. The number of ether oxygens (including phenoxy) is 2. The molecule has 2 aromatic carbocycles. The van der Waals surface area contributed by atoms with Crippen molar-refractivity contribution in [2.45, 2.75) is 65.8 Å². The van der Waals surface area contributed by atoms with E-state index in [1.54, 1.807) is 0 Å². The summed E-state index contributed by atoms with van der Waals surface area (Å²) >= 11 is 0. The van der Waals surface area contributed by atoms with Gasteiger partial charge >= 0.3 is 0 Å². The van der Waals surface area contributed by atoms with Gasteiger partial charge in [0.2, 0.25) is 0 Å². The van der Waals surface area contributed by atoms with Crippen molar-refractivity contribution in [3.8, 4) is 0 Å². The highest BCUT2D eigenvalue weighted by Crippen LogP contribution is 2.39. The van der Waals surface area contributed by atoms with Crippen LogP contribution in [0.4, 0.5) is 0 Å². The van der Waals surface area contributed by atoms with Crippen molar-refractivity contribution < 1.29 is 9.47 Å². The SMILES string of the molecule is Cc1ccc([C@@H]2N=C(C(C)(C)C3=N[C@@H](c4ccc(C)cc4)[C@@H](C)O3)O[C@@H]2C)cc1. The minimum Gasteiger partial charge on any atom is -0.475 e. The Bertz CT molecular complexity index is 864. The van der Waals surface area contributed by atoms with Gasteiger partial charge in [-0.2, -0.15) is 0 Å². The second-order valence-corrected chi connectivity index (χ2v) is 8.85. The molecule has 0 amide bonds. The number of rotatable bonds is 4. The van der Waals surface area contributed by atoms with Gasteiger partial charge in [-0.05, 0) is 52.7 Å². The summed E-state index contributed by atoms with van der Waals surface area (Å²) in [5.74, 6) is 1.40. The molecule has 0 aromatic heterocycles. The lowest BCUT2D eigenvalue weighted by atomic mass is 9.93. The maximum Gasteiger partial charge on any atom is 0.199 e. The Kier molecular flexibility index (Phi) is 4.97. The van der Waals surface area contributed by atoms with Crippen LogP contribution in [0.1, 0.15) is 62.0 Å². The fourth-order valence-electron chi connectivity index (χ4n) is 3.93. The number of benzene rings is 2. The lowest BCUT2D eigenvalue weighted by Gasteiger charge is -2.24. The van der Waals surface area contributed by atoms with E-state index in [4.69, 9.17) is 19.5 Å². The van der Waals surface area contributed by atoms with Gasteiger partial charge < -0.3 is 9.47 Å². The van der Waals surface area contributed by atoms with E-state index in [0.717, 1.165) is 0 Å². The van der Waals surface area contributed by atoms with Crippen molar-refractivity contribution in [1.29, 1.82) is 0 Å². The molecule has 4 heteroatoms. The third-order valence-electron chi connectivity index (χ3n) is 5.90. The molecule has 2 aliphatic rings. The van der Waals surface area contributed by atoms with Gasteiger partial charge in [0.25, 0.3) is 0 Å². The zero-order valence-corrected chi connectivity index (χ0v) is 18.1. The van der Waals surface area contributed by atoms with Gasteiger partial charge in [0.05, 0.1) is 0 Å². The first kappa shape index (κ1) is 19.7. The van der Waals surface area contributed by atoms with Gasteiger partial charge in [-0.1, -0.05) is 59.7 Å². The van der Waals surface area contributed by atoms with Crippen molar-refractivity contribution in [3.63, 3.8) is 0 Å². The molecule has 4 nitrogen and oxygen atoms in total. The van der Waals surface area contributed by atoms with E-state index in [0.29, 0.717) is 11.8 Å². The van der Waals surface area contributed by atoms with E-state index in [1.165, 1.54) is 22.3 Å². The monoisotopic (exact) mass is 390 g/mol. The van der Waals surface area contributed by atoms with Gasteiger partial charge in [0.15, 0.2) is 11.8 Å². The minimum atomic E-state index is -0.512. The smallest absolute Gasteiger partial charge is 0.199 e. The van der Waals surface area contributed by atoms with Crippen LogP contribution in [0.5, 0.6) is 0 Å². The fourth-order valence-corrected chi connectivity index (χ4v) is 3.93. The molecule has 0 saturated carbocycles. The van der Waals surface area contributed by atoms with Gasteiger partial charge in [-0.3, -0.25) is 0 Å². The third kappa shape index (κ3) is 3.68. The summed E-state index contributed by atoms with van der Waals surface area (Å²) in [7, 11) is 0. The van der Waals surface area contributed by atoms with Crippen LogP contribution in [0.25, 0.3) is 0 Å². The van der Waals surface area contributed by atoms with Crippen LogP contribution in [-0.4, -0.2) is 24.0 Å². The molecule has 0 radical (unpaired) electrons. The van der Waals surface area contributed by atoms with E-state index < -0.39 is 5.41 Å². The number of aliphatic imine (C=N–C) groups is 2. The third-order valence-corrected chi connectivity index (χ3v) is 5.90. The van der Waals surface area contributed by atoms with Crippen LogP contribution < -0.4 is 0 Å². The topological polar surface area (TPSA) is 43.2 Å². The molecule has 152 valence electrons. The van der Waals surface area contributed by atoms with E-state index in [9.17, 15) is 0 Å². The lowest BCUT2D eigenvalue weighted by molar-refractivity contribution is 0.177. The molecule has 0 bridgehead atoms. The highest BCUT2D eigenvalue weighted by molar-refractivity contribution is 6.05. The maximum atomic E-state index is 6.22. The fraction of sp³-hybridized carbons (Fsp3) is 0.440. The van der Waals surface area contributed by atoms with Crippen molar-refractivity contribution in [1.82, 2.24) is 0 Å². The molecule has 4 atom stereocenters. The molecule has 29 heavy (non-hydrogen) atoms. The summed E-state index contributed by atoms with van der Waals surface area (Å²) in [5.41, 5.74) is 4.33.